The van der Waals surface area contributed by atoms with E-state index < -0.39 is 0 Å². The highest BCUT2D eigenvalue weighted by Crippen LogP contribution is 2.21. The van der Waals surface area contributed by atoms with E-state index >= 15 is 0 Å². The molecule has 0 N–H and O–H groups in total. The summed E-state index contributed by atoms with van der Waals surface area (Å²) in [4.78, 5) is 4.18. The number of halogens is 1. The third-order valence-corrected chi connectivity index (χ3v) is 2.06. The maximum atomic E-state index is 5.80. The van der Waals surface area contributed by atoms with Gasteiger partial charge in [-0.2, -0.15) is 0 Å². The highest BCUT2D eigenvalue weighted by atomic mass is 35.5. The Kier molecular flexibility index (Phi) is 2.07. The van der Waals surface area contributed by atoms with E-state index in [0.29, 0.717) is 5.02 Å². The zero-order chi connectivity index (χ0) is 9.26. The summed E-state index contributed by atoms with van der Waals surface area (Å²) in [6, 6.07) is 7.59. The van der Waals surface area contributed by atoms with Crippen LogP contribution in [-0.4, -0.2) is 12.1 Å². The summed E-state index contributed by atoms with van der Waals surface area (Å²) in [5, 5.41) is 1.67. The van der Waals surface area contributed by atoms with Gasteiger partial charge in [0.25, 0.3) is 0 Å². The van der Waals surface area contributed by atoms with Crippen molar-refractivity contribution in [2.75, 3.05) is 7.11 Å². The van der Waals surface area contributed by atoms with Crippen molar-refractivity contribution < 1.29 is 4.74 Å². The van der Waals surface area contributed by atoms with Gasteiger partial charge >= 0.3 is 0 Å². The van der Waals surface area contributed by atoms with Crippen molar-refractivity contribution in [2.24, 2.45) is 0 Å². The van der Waals surface area contributed by atoms with Gasteiger partial charge in [0.1, 0.15) is 5.75 Å². The Morgan fingerprint density at radius 3 is 2.92 bits per heavy atom. The van der Waals surface area contributed by atoms with Crippen molar-refractivity contribution in [3.63, 3.8) is 0 Å². The first kappa shape index (κ1) is 8.32. The second-order valence-electron chi connectivity index (χ2n) is 2.71. The number of benzene rings is 1. The van der Waals surface area contributed by atoms with Crippen LogP contribution in [0.3, 0.4) is 0 Å². The summed E-state index contributed by atoms with van der Waals surface area (Å²) >= 11 is 5.80. The summed E-state index contributed by atoms with van der Waals surface area (Å²) in [6.45, 7) is 0. The Balaban J connectivity index is 2.66. The summed E-state index contributed by atoms with van der Waals surface area (Å²) in [6.07, 6.45) is 1.63. The molecular weight excluding hydrogens is 186 g/mol. The van der Waals surface area contributed by atoms with E-state index in [2.05, 4.69) is 4.98 Å². The van der Waals surface area contributed by atoms with Gasteiger partial charge in [-0.3, -0.25) is 4.98 Å². The molecule has 2 nitrogen and oxygen atoms in total. The largest absolute Gasteiger partial charge is 0.497 e. The van der Waals surface area contributed by atoms with Crippen LogP contribution in [0.15, 0.2) is 30.5 Å². The number of fused-ring (bicyclic) bond motifs is 1. The third-order valence-electron chi connectivity index (χ3n) is 1.86. The number of rotatable bonds is 1. The van der Waals surface area contributed by atoms with E-state index in [9.17, 15) is 0 Å². The van der Waals surface area contributed by atoms with Gasteiger partial charge in [0.05, 0.1) is 17.6 Å². The minimum atomic E-state index is 0.651. The van der Waals surface area contributed by atoms with Gasteiger partial charge in [-0.05, 0) is 18.2 Å². The second kappa shape index (κ2) is 3.23. The average Bonchev–Trinajstić information content (AvgIpc) is 2.17. The molecule has 1 heterocycles. The first-order chi connectivity index (χ1) is 6.29. The van der Waals surface area contributed by atoms with Crippen molar-refractivity contribution in [1.29, 1.82) is 0 Å². The molecule has 0 spiro atoms. The zero-order valence-corrected chi connectivity index (χ0v) is 7.88. The summed E-state index contributed by atoms with van der Waals surface area (Å²) < 4.78 is 5.08. The Labute approximate surface area is 81.1 Å². The predicted octanol–water partition coefficient (Wildman–Crippen LogP) is 2.90. The number of nitrogens with zero attached hydrogens (tertiary/aromatic N) is 1. The molecule has 0 fully saturated rings. The topological polar surface area (TPSA) is 22.1 Å². The Hall–Kier alpha value is -1.28. The van der Waals surface area contributed by atoms with Gasteiger partial charge < -0.3 is 4.74 Å². The van der Waals surface area contributed by atoms with Gasteiger partial charge in [0, 0.05) is 17.6 Å². The van der Waals surface area contributed by atoms with Crippen molar-refractivity contribution in [3.8, 4) is 5.75 Å². The smallest absolute Gasteiger partial charge is 0.121 e. The first-order valence-electron chi connectivity index (χ1n) is 3.89. The van der Waals surface area contributed by atoms with Gasteiger partial charge in [0.15, 0.2) is 0 Å². The number of aromatic nitrogens is 1. The fourth-order valence-electron chi connectivity index (χ4n) is 1.20. The lowest BCUT2D eigenvalue weighted by Gasteiger charge is -2.01. The zero-order valence-electron chi connectivity index (χ0n) is 7.12. The molecule has 0 amide bonds. The summed E-state index contributed by atoms with van der Waals surface area (Å²) in [5.41, 5.74) is 0.892. The molecule has 2 rings (SSSR count). The van der Waals surface area contributed by atoms with Crippen LogP contribution in [0.25, 0.3) is 10.9 Å². The third kappa shape index (κ3) is 1.58. The quantitative estimate of drug-likeness (QED) is 0.695. The molecule has 0 saturated carbocycles. The fourth-order valence-corrected chi connectivity index (χ4v) is 1.37. The lowest BCUT2D eigenvalue weighted by atomic mass is 10.2. The lowest BCUT2D eigenvalue weighted by molar-refractivity contribution is 0.415. The molecule has 66 valence electrons. The number of hydrogen-bond acceptors (Lipinski definition) is 2. The molecule has 0 unspecified atom stereocenters. The molecule has 1 aromatic heterocycles. The molecular formula is C10H8ClNO. The molecule has 0 radical (unpaired) electrons. The van der Waals surface area contributed by atoms with E-state index in [1.165, 1.54) is 0 Å². The molecule has 0 aliphatic carbocycles. The molecule has 0 aliphatic rings. The number of methoxy groups -OCH3 is 1. The normalized spacial score (nSPS) is 10.3. The first-order valence-corrected chi connectivity index (χ1v) is 4.27. The number of pyridine rings is 1. The van der Waals surface area contributed by atoms with E-state index in [1.54, 1.807) is 13.3 Å². The second-order valence-corrected chi connectivity index (χ2v) is 3.15. The van der Waals surface area contributed by atoms with Crippen molar-refractivity contribution in [3.05, 3.63) is 35.5 Å². The van der Waals surface area contributed by atoms with E-state index in [-0.39, 0.29) is 0 Å². The SMILES string of the molecule is COc1ccc2cc(Cl)cnc2c1. The Morgan fingerprint density at radius 2 is 2.15 bits per heavy atom. The molecule has 0 aliphatic heterocycles. The van der Waals surface area contributed by atoms with Gasteiger partial charge in [-0.15, -0.1) is 0 Å². The van der Waals surface area contributed by atoms with Gasteiger partial charge in [-0.1, -0.05) is 11.6 Å². The lowest BCUT2D eigenvalue weighted by Crippen LogP contribution is -1.83. The molecule has 0 bridgehead atoms. The van der Waals surface area contributed by atoms with E-state index in [4.69, 9.17) is 16.3 Å². The molecule has 3 heteroatoms. The number of ether oxygens (including phenoxy) is 1. The van der Waals surface area contributed by atoms with Crippen LogP contribution >= 0.6 is 11.6 Å². The molecule has 2 aromatic rings. The standard InChI is InChI=1S/C10H8ClNO/c1-13-9-3-2-7-4-8(11)6-12-10(7)5-9/h2-6H,1H3. The fraction of sp³-hybridized carbons (Fsp3) is 0.100. The summed E-state index contributed by atoms with van der Waals surface area (Å²) in [5.74, 6) is 0.808. The van der Waals surface area contributed by atoms with Gasteiger partial charge in [-0.25, -0.2) is 0 Å². The average molecular weight is 194 g/mol. The van der Waals surface area contributed by atoms with E-state index in [1.807, 2.05) is 24.3 Å². The van der Waals surface area contributed by atoms with Crippen LogP contribution in [0.4, 0.5) is 0 Å². The Morgan fingerprint density at radius 1 is 1.31 bits per heavy atom. The molecule has 0 atom stereocenters. The highest BCUT2D eigenvalue weighted by molar-refractivity contribution is 6.31. The van der Waals surface area contributed by atoms with Gasteiger partial charge in [0.2, 0.25) is 0 Å². The predicted molar refractivity (Wildman–Crippen MR) is 53.3 cm³/mol. The van der Waals surface area contributed by atoms with Crippen LogP contribution < -0.4 is 4.74 Å². The van der Waals surface area contributed by atoms with Crippen LogP contribution in [0.2, 0.25) is 5.02 Å². The number of hydrogen-bond donors (Lipinski definition) is 0. The Bertz CT molecular complexity index is 442. The molecule has 0 saturated heterocycles. The van der Waals surface area contributed by atoms with Crippen LogP contribution in [0.1, 0.15) is 0 Å². The maximum absolute atomic E-state index is 5.80. The van der Waals surface area contributed by atoms with Crippen molar-refractivity contribution in [1.82, 2.24) is 4.98 Å². The minimum absolute atomic E-state index is 0.651. The van der Waals surface area contributed by atoms with Crippen LogP contribution in [0.5, 0.6) is 5.75 Å². The highest BCUT2D eigenvalue weighted by Gasteiger charge is 1.97. The monoisotopic (exact) mass is 193 g/mol. The van der Waals surface area contributed by atoms with Crippen molar-refractivity contribution >= 4 is 22.5 Å². The maximum Gasteiger partial charge on any atom is 0.121 e. The summed E-state index contributed by atoms with van der Waals surface area (Å²) in [7, 11) is 1.64. The van der Waals surface area contributed by atoms with Crippen molar-refractivity contribution in [2.45, 2.75) is 0 Å². The minimum Gasteiger partial charge on any atom is -0.497 e. The van der Waals surface area contributed by atoms with Crippen LogP contribution in [-0.2, 0) is 0 Å². The molecule has 1 aromatic carbocycles. The molecule has 13 heavy (non-hydrogen) atoms. The van der Waals surface area contributed by atoms with Crippen LogP contribution in [0, 0.1) is 0 Å². The van der Waals surface area contributed by atoms with E-state index in [0.717, 1.165) is 16.7 Å².